The van der Waals surface area contributed by atoms with Crippen molar-refractivity contribution < 1.29 is 24.3 Å². The quantitative estimate of drug-likeness (QED) is 0.770. The van der Waals surface area contributed by atoms with Gasteiger partial charge in [0, 0.05) is 11.6 Å². The molecule has 1 N–H and O–H groups in total. The maximum Gasteiger partial charge on any atom is 0.326 e. The summed E-state index contributed by atoms with van der Waals surface area (Å²) in [7, 11) is 0. The van der Waals surface area contributed by atoms with Gasteiger partial charge in [-0.25, -0.2) is 4.79 Å². The summed E-state index contributed by atoms with van der Waals surface area (Å²) in [6.07, 6.45) is 3.31. The lowest BCUT2D eigenvalue weighted by Gasteiger charge is -2.33. The molecule has 2 aliphatic heterocycles. The molecule has 3 amide bonds. The van der Waals surface area contributed by atoms with Gasteiger partial charge in [0.2, 0.25) is 5.91 Å². The van der Waals surface area contributed by atoms with Crippen LogP contribution in [0.3, 0.4) is 0 Å². The lowest BCUT2D eigenvalue weighted by atomic mass is 10.0. The first-order valence-electron chi connectivity index (χ1n) is 8.40. The Bertz CT molecular complexity index is 841. The van der Waals surface area contributed by atoms with E-state index in [9.17, 15) is 24.3 Å². The molecule has 2 fully saturated rings. The molecule has 9 heteroatoms. The number of carboxylic acid groups (broad SMARTS) is 1. The normalized spacial score (nSPS) is 21.8. The van der Waals surface area contributed by atoms with Crippen molar-refractivity contribution in [2.24, 2.45) is 0 Å². The van der Waals surface area contributed by atoms with Crippen molar-refractivity contribution in [2.45, 2.75) is 25.3 Å². The summed E-state index contributed by atoms with van der Waals surface area (Å²) >= 11 is 6.81. The molecule has 0 bridgehead atoms. The van der Waals surface area contributed by atoms with Crippen molar-refractivity contribution in [2.75, 3.05) is 13.1 Å². The van der Waals surface area contributed by atoms with E-state index in [0.29, 0.717) is 30.0 Å². The zero-order valence-electron chi connectivity index (χ0n) is 14.3. The second kappa shape index (κ2) is 8.14. The van der Waals surface area contributed by atoms with Gasteiger partial charge in [-0.2, -0.15) is 0 Å². The van der Waals surface area contributed by atoms with Gasteiger partial charge in [-0.1, -0.05) is 29.8 Å². The minimum Gasteiger partial charge on any atom is -0.480 e. The molecule has 1 aromatic rings. The van der Waals surface area contributed by atoms with Gasteiger partial charge in [0.1, 0.15) is 12.6 Å². The zero-order valence-corrected chi connectivity index (χ0v) is 15.8. The first-order valence-corrected chi connectivity index (χ1v) is 9.60. The number of benzene rings is 1. The molecular formula is C18H17ClN2O5S. The van der Waals surface area contributed by atoms with Gasteiger partial charge in [-0.05, 0) is 48.7 Å². The Labute approximate surface area is 164 Å². The molecule has 0 aliphatic carbocycles. The summed E-state index contributed by atoms with van der Waals surface area (Å²) < 4.78 is 0. The van der Waals surface area contributed by atoms with E-state index in [2.05, 4.69) is 0 Å². The summed E-state index contributed by atoms with van der Waals surface area (Å²) in [6.45, 7) is -0.157. The topological polar surface area (TPSA) is 95.0 Å². The van der Waals surface area contributed by atoms with E-state index in [0.717, 1.165) is 23.1 Å². The molecule has 7 nitrogen and oxygen atoms in total. The molecule has 3 rings (SSSR count). The third-order valence-electron chi connectivity index (χ3n) is 4.47. The number of hydrogen-bond acceptors (Lipinski definition) is 5. The van der Waals surface area contributed by atoms with Crippen molar-refractivity contribution in [3.8, 4) is 0 Å². The number of carbonyl (C=O) groups is 4. The van der Waals surface area contributed by atoms with Crippen LogP contribution in [-0.4, -0.2) is 57.1 Å². The van der Waals surface area contributed by atoms with Crippen LogP contribution >= 0.6 is 23.4 Å². The second-order valence-corrected chi connectivity index (χ2v) is 7.63. The smallest absolute Gasteiger partial charge is 0.326 e. The first kappa shape index (κ1) is 19.4. The molecule has 142 valence electrons. The van der Waals surface area contributed by atoms with E-state index in [1.165, 1.54) is 11.0 Å². The minimum absolute atomic E-state index is 0.175. The van der Waals surface area contributed by atoms with Crippen LogP contribution in [0.25, 0.3) is 6.08 Å². The Morgan fingerprint density at radius 2 is 2.00 bits per heavy atom. The van der Waals surface area contributed by atoms with Crippen molar-refractivity contribution in [3.05, 3.63) is 39.8 Å². The maximum atomic E-state index is 12.6. The molecule has 2 aliphatic rings. The largest absolute Gasteiger partial charge is 0.480 e. The number of rotatable bonds is 4. The fraction of sp³-hybridized carbons (Fsp3) is 0.333. The number of likely N-dealkylation sites (tertiary alicyclic amines) is 1. The molecule has 1 aromatic carbocycles. The third kappa shape index (κ3) is 4.17. The highest BCUT2D eigenvalue weighted by atomic mass is 35.5. The Kier molecular flexibility index (Phi) is 5.86. The van der Waals surface area contributed by atoms with Gasteiger partial charge in [-0.3, -0.25) is 19.3 Å². The number of thioether (sulfide) groups is 1. The average Bonchev–Trinajstić information content (AvgIpc) is 2.91. The second-order valence-electron chi connectivity index (χ2n) is 6.23. The monoisotopic (exact) mass is 408 g/mol. The zero-order chi connectivity index (χ0) is 19.6. The van der Waals surface area contributed by atoms with Crippen LogP contribution in [0.1, 0.15) is 24.8 Å². The molecular weight excluding hydrogens is 392 g/mol. The van der Waals surface area contributed by atoms with Crippen LogP contribution in [0.5, 0.6) is 0 Å². The summed E-state index contributed by atoms with van der Waals surface area (Å²) in [5, 5.41) is 9.17. The number of piperidine rings is 1. The minimum atomic E-state index is -1.07. The van der Waals surface area contributed by atoms with Gasteiger partial charge in [-0.15, -0.1) is 0 Å². The van der Waals surface area contributed by atoms with E-state index in [1.54, 1.807) is 24.3 Å². The molecule has 27 heavy (non-hydrogen) atoms. The van der Waals surface area contributed by atoms with Crippen LogP contribution in [0.4, 0.5) is 4.79 Å². The number of carbonyl (C=O) groups excluding carboxylic acids is 3. The molecule has 0 saturated carbocycles. The summed E-state index contributed by atoms with van der Waals surface area (Å²) in [5.41, 5.74) is 0.595. The number of nitrogens with zero attached hydrogens (tertiary/aromatic N) is 2. The highest BCUT2D eigenvalue weighted by molar-refractivity contribution is 8.18. The predicted octanol–water partition coefficient (Wildman–Crippen LogP) is 2.84. The summed E-state index contributed by atoms with van der Waals surface area (Å²) in [5.74, 6) is -2.19. The molecule has 0 spiro atoms. The van der Waals surface area contributed by atoms with E-state index in [-0.39, 0.29) is 4.91 Å². The van der Waals surface area contributed by atoms with Gasteiger partial charge >= 0.3 is 5.97 Å². The van der Waals surface area contributed by atoms with Crippen molar-refractivity contribution >= 4 is 52.5 Å². The number of hydrogen-bond donors (Lipinski definition) is 1. The van der Waals surface area contributed by atoms with Crippen LogP contribution in [0.15, 0.2) is 29.2 Å². The van der Waals surface area contributed by atoms with Gasteiger partial charge in [0.05, 0.1) is 4.91 Å². The van der Waals surface area contributed by atoms with Gasteiger partial charge < -0.3 is 10.0 Å². The Balaban J connectivity index is 1.75. The molecule has 1 unspecified atom stereocenters. The predicted molar refractivity (Wildman–Crippen MR) is 101 cm³/mol. The average molecular weight is 409 g/mol. The molecule has 2 heterocycles. The number of halogens is 1. The highest BCUT2D eigenvalue weighted by Crippen LogP contribution is 2.33. The number of carboxylic acids is 1. The molecule has 0 radical (unpaired) electrons. The van der Waals surface area contributed by atoms with Crippen molar-refractivity contribution in [1.29, 1.82) is 0 Å². The molecule has 1 atom stereocenters. The standard InChI is InChI=1S/C18H17ClN2O5S/c19-12-6-2-1-5-11(12)9-14-16(23)21(18(26)27-14)10-15(22)20-8-4-3-7-13(20)17(24)25/h1-2,5-6,9,13H,3-4,7-8,10H2,(H,24,25). The highest BCUT2D eigenvalue weighted by Gasteiger charge is 2.39. The van der Waals surface area contributed by atoms with E-state index in [4.69, 9.17) is 11.6 Å². The number of imide groups is 1. The molecule has 2 saturated heterocycles. The third-order valence-corrected chi connectivity index (χ3v) is 5.72. The fourth-order valence-corrected chi connectivity index (χ4v) is 4.10. The number of aliphatic carboxylic acids is 1. The Morgan fingerprint density at radius 3 is 2.70 bits per heavy atom. The Hall–Kier alpha value is -2.32. The van der Waals surface area contributed by atoms with Crippen LogP contribution < -0.4 is 0 Å². The van der Waals surface area contributed by atoms with Crippen LogP contribution in [-0.2, 0) is 14.4 Å². The van der Waals surface area contributed by atoms with Gasteiger partial charge in [0.25, 0.3) is 11.1 Å². The van der Waals surface area contributed by atoms with Gasteiger partial charge in [0.15, 0.2) is 0 Å². The number of amides is 3. The van der Waals surface area contributed by atoms with E-state index in [1.807, 2.05) is 0 Å². The van der Waals surface area contributed by atoms with E-state index >= 15 is 0 Å². The molecule has 0 aromatic heterocycles. The first-order chi connectivity index (χ1) is 12.9. The summed E-state index contributed by atoms with van der Waals surface area (Å²) in [6, 6.07) is 5.98. The lowest BCUT2D eigenvalue weighted by molar-refractivity contribution is -0.152. The van der Waals surface area contributed by atoms with Crippen LogP contribution in [0.2, 0.25) is 5.02 Å². The van der Waals surface area contributed by atoms with Crippen molar-refractivity contribution in [1.82, 2.24) is 9.80 Å². The van der Waals surface area contributed by atoms with E-state index < -0.39 is 35.6 Å². The Morgan fingerprint density at radius 1 is 1.26 bits per heavy atom. The van der Waals surface area contributed by atoms with Crippen LogP contribution in [0, 0.1) is 0 Å². The summed E-state index contributed by atoms with van der Waals surface area (Å²) in [4.78, 5) is 50.9. The maximum absolute atomic E-state index is 12.6. The lowest BCUT2D eigenvalue weighted by Crippen LogP contribution is -2.51. The fourth-order valence-electron chi connectivity index (χ4n) is 3.08. The van der Waals surface area contributed by atoms with Crippen molar-refractivity contribution in [3.63, 3.8) is 0 Å². The SMILES string of the molecule is O=C(O)C1CCCCN1C(=O)CN1C(=O)SC(=Cc2ccccc2Cl)C1=O.